The van der Waals surface area contributed by atoms with Gasteiger partial charge in [0.2, 0.25) is 0 Å². The molecule has 104 valence electrons. The highest BCUT2D eigenvalue weighted by Gasteiger charge is 2.38. The SMILES string of the molecule is CN[C@H](C(C)Cl)C(C(O)C(O)SC)[C@@H](O)CO. The Morgan fingerprint density at radius 3 is 2.12 bits per heavy atom. The summed E-state index contributed by atoms with van der Waals surface area (Å²) in [6.45, 7) is 1.22. The van der Waals surface area contributed by atoms with Crippen molar-refractivity contribution in [2.75, 3.05) is 19.9 Å². The van der Waals surface area contributed by atoms with Gasteiger partial charge in [0, 0.05) is 17.3 Å². The average Bonchev–Trinajstić information content (AvgIpc) is 2.32. The molecule has 5 N–H and O–H groups in total. The second-order valence-electron chi connectivity index (χ2n) is 3.94. The molecule has 7 heteroatoms. The van der Waals surface area contributed by atoms with Crippen molar-refractivity contribution in [3.8, 4) is 0 Å². The van der Waals surface area contributed by atoms with Gasteiger partial charge in [-0.2, -0.15) is 0 Å². The highest BCUT2D eigenvalue weighted by Crippen LogP contribution is 2.25. The number of halogens is 1. The summed E-state index contributed by atoms with van der Waals surface area (Å²) in [7, 11) is 1.65. The van der Waals surface area contributed by atoms with Crippen molar-refractivity contribution in [2.24, 2.45) is 5.92 Å². The third kappa shape index (κ3) is 4.90. The molecule has 4 unspecified atom stereocenters. The fourth-order valence-corrected chi connectivity index (χ4v) is 2.61. The lowest BCUT2D eigenvalue weighted by atomic mass is 9.87. The normalized spacial score (nSPS) is 22.6. The van der Waals surface area contributed by atoms with Crippen LogP contribution in [0.5, 0.6) is 0 Å². The van der Waals surface area contributed by atoms with Crippen LogP contribution in [0.1, 0.15) is 6.92 Å². The summed E-state index contributed by atoms with van der Waals surface area (Å²) >= 11 is 7.05. The van der Waals surface area contributed by atoms with Crippen molar-refractivity contribution >= 4 is 23.4 Å². The Hall–Kier alpha value is 0.440. The number of hydrogen-bond acceptors (Lipinski definition) is 6. The van der Waals surface area contributed by atoms with Crippen LogP contribution in [0.25, 0.3) is 0 Å². The summed E-state index contributed by atoms with van der Waals surface area (Å²) in [5, 5.41) is 40.9. The van der Waals surface area contributed by atoms with Crippen molar-refractivity contribution in [2.45, 2.75) is 36.0 Å². The number of aliphatic hydroxyl groups is 4. The first-order valence-corrected chi connectivity index (χ1v) is 7.12. The van der Waals surface area contributed by atoms with Crippen LogP contribution < -0.4 is 5.32 Å². The molecular weight excluding hydrogens is 266 g/mol. The van der Waals surface area contributed by atoms with E-state index in [0.717, 1.165) is 11.8 Å². The largest absolute Gasteiger partial charge is 0.394 e. The maximum atomic E-state index is 9.99. The zero-order valence-corrected chi connectivity index (χ0v) is 11.8. The maximum Gasteiger partial charge on any atom is 0.125 e. The second kappa shape index (κ2) is 8.53. The van der Waals surface area contributed by atoms with E-state index in [1.165, 1.54) is 0 Å². The van der Waals surface area contributed by atoms with E-state index >= 15 is 0 Å². The molecule has 0 aliphatic carbocycles. The third-order valence-corrected chi connectivity index (χ3v) is 3.84. The Kier molecular flexibility index (Phi) is 8.75. The van der Waals surface area contributed by atoms with Crippen LogP contribution in [0.4, 0.5) is 0 Å². The Bertz CT molecular complexity index is 211. The van der Waals surface area contributed by atoms with Crippen molar-refractivity contribution in [1.29, 1.82) is 0 Å². The Morgan fingerprint density at radius 2 is 1.82 bits per heavy atom. The van der Waals surface area contributed by atoms with Gasteiger partial charge in [-0.25, -0.2) is 0 Å². The summed E-state index contributed by atoms with van der Waals surface area (Å²) in [6.07, 6.45) is -0.675. The Balaban J connectivity index is 4.97. The standard InChI is InChI=1S/C10H22ClNO4S/c1-5(11)8(12-2)7(6(14)4-13)9(15)10(16)17-3/h5-10,12-16H,4H2,1-3H3/t5?,6-,7?,8+,9?,10?/m0/s1. The molecule has 0 aliphatic heterocycles. The van der Waals surface area contributed by atoms with Gasteiger partial charge < -0.3 is 25.7 Å². The van der Waals surface area contributed by atoms with Gasteiger partial charge in [0.25, 0.3) is 0 Å². The minimum Gasteiger partial charge on any atom is -0.394 e. The highest BCUT2D eigenvalue weighted by atomic mass is 35.5. The lowest BCUT2D eigenvalue weighted by molar-refractivity contribution is -0.0585. The van der Waals surface area contributed by atoms with E-state index < -0.39 is 36.2 Å². The van der Waals surface area contributed by atoms with Gasteiger partial charge in [-0.05, 0) is 20.2 Å². The van der Waals surface area contributed by atoms with E-state index in [4.69, 9.17) is 16.7 Å². The number of nitrogens with one attached hydrogen (secondary N) is 1. The molecule has 0 bridgehead atoms. The first kappa shape index (κ1) is 17.4. The van der Waals surface area contributed by atoms with E-state index in [1.807, 2.05) is 0 Å². The van der Waals surface area contributed by atoms with Crippen molar-refractivity contribution < 1.29 is 20.4 Å². The van der Waals surface area contributed by atoms with Gasteiger partial charge in [0.05, 0.1) is 18.8 Å². The molecule has 0 aliphatic rings. The summed E-state index contributed by atoms with van der Waals surface area (Å²) in [5.41, 5.74) is -1.03. The molecule has 0 aromatic carbocycles. The number of hydrogen-bond donors (Lipinski definition) is 5. The van der Waals surface area contributed by atoms with E-state index in [1.54, 1.807) is 20.2 Å². The van der Waals surface area contributed by atoms with Crippen molar-refractivity contribution in [1.82, 2.24) is 5.32 Å². The molecule has 0 aromatic heterocycles. The average molecular weight is 288 g/mol. The Morgan fingerprint density at radius 1 is 1.29 bits per heavy atom. The molecule has 0 fully saturated rings. The summed E-state index contributed by atoms with van der Waals surface area (Å²) < 4.78 is 0. The predicted octanol–water partition coefficient (Wildman–Crippen LogP) is -0.787. The lowest BCUT2D eigenvalue weighted by Crippen LogP contribution is -2.54. The van der Waals surface area contributed by atoms with Crippen molar-refractivity contribution in [3.05, 3.63) is 0 Å². The van der Waals surface area contributed by atoms with Gasteiger partial charge in [-0.3, -0.25) is 0 Å². The minimum atomic E-state index is -1.18. The van der Waals surface area contributed by atoms with E-state index in [0.29, 0.717) is 0 Å². The fourth-order valence-electron chi connectivity index (χ4n) is 1.86. The molecule has 0 saturated carbocycles. The maximum absolute atomic E-state index is 9.99. The fraction of sp³-hybridized carbons (Fsp3) is 1.00. The highest BCUT2D eigenvalue weighted by molar-refractivity contribution is 7.99. The van der Waals surface area contributed by atoms with E-state index in [9.17, 15) is 15.3 Å². The van der Waals surface area contributed by atoms with Gasteiger partial charge in [0.1, 0.15) is 5.44 Å². The summed E-state index contributed by atoms with van der Waals surface area (Å²) in [5.74, 6) is -0.750. The number of rotatable bonds is 8. The van der Waals surface area contributed by atoms with Gasteiger partial charge in [0.15, 0.2) is 0 Å². The molecule has 0 heterocycles. The molecule has 0 amide bonds. The molecule has 0 radical (unpaired) electrons. The van der Waals surface area contributed by atoms with E-state index in [2.05, 4.69) is 5.32 Å². The number of aliphatic hydroxyl groups excluding tert-OH is 4. The molecule has 0 aromatic rings. The first-order valence-electron chi connectivity index (χ1n) is 5.39. The summed E-state index contributed by atoms with van der Waals surface area (Å²) in [6, 6.07) is -0.421. The second-order valence-corrected chi connectivity index (χ2v) is 5.58. The topological polar surface area (TPSA) is 93.0 Å². The zero-order chi connectivity index (χ0) is 13.6. The monoisotopic (exact) mass is 287 g/mol. The molecule has 0 rings (SSSR count). The molecule has 17 heavy (non-hydrogen) atoms. The Labute approximate surface area is 111 Å². The van der Waals surface area contributed by atoms with Crippen LogP contribution in [0.3, 0.4) is 0 Å². The molecule has 0 spiro atoms. The van der Waals surface area contributed by atoms with Crippen LogP contribution in [-0.2, 0) is 0 Å². The van der Waals surface area contributed by atoms with Crippen LogP contribution >= 0.6 is 23.4 Å². The van der Waals surface area contributed by atoms with Crippen LogP contribution in [0.2, 0.25) is 0 Å². The number of thioether (sulfide) groups is 1. The molecule has 0 saturated heterocycles. The molecular formula is C10H22ClNO4S. The summed E-state index contributed by atoms with van der Waals surface area (Å²) in [4.78, 5) is 0. The van der Waals surface area contributed by atoms with Gasteiger partial charge in [-0.1, -0.05) is 0 Å². The van der Waals surface area contributed by atoms with Crippen molar-refractivity contribution in [3.63, 3.8) is 0 Å². The van der Waals surface area contributed by atoms with Crippen LogP contribution in [0, 0.1) is 5.92 Å². The van der Waals surface area contributed by atoms with Crippen LogP contribution in [0.15, 0.2) is 0 Å². The lowest BCUT2D eigenvalue weighted by Gasteiger charge is -2.36. The predicted molar refractivity (Wildman–Crippen MR) is 70.3 cm³/mol. The first-order chi connectivity index (χ1) is 7.90. The van der Waals surface area contributed by atoms with Gasteiger partial charge in [-0.15, -0.1) is 23.4 Å². The molecule has 5 nitrogen and oxygen atoms in total. The minimum absolute atomic E-state index is 0.366. The molecule has 6 atom stereocenters. The number of alkyl halides is 1. The zero-order valence-electron chi connectivity index (χ0n) is 10.2. The quantitative estimate of drug-likeness (QED) is 0.297. The van der Waals surface area contributed by atoms with Crippen LogP contribution in [-0.4, -0.2) is 69.4 Å². The van der Waals surface area contributed by atoms with E-state index in [-0.39, 0.29) is 5.38 Å². The smallest absolute Gasteiger partial charge is 0.125 e. The third-order valence-electron chi connectivity index (χ3n) is 2.80. The van der Waals surface area contributed by atoms with Gasteiger partial charge >= 0.3 is 0 Å².